The van der Waals surface area contributed by atoms with Gasteiger partial charge in [0.1, 0.15) is 0 Å². The second-order valence-electron chi connectivity index (χ2n) is 6.07. The molecular formula is C17H21N3. The molecule has 0 amide bonds. The van der Waals surface area contributed by atoms with Crippen molar-refractivity contribution in [2.24, 2.45) is 0 Å². The van der Waals surface area contributed by atoms with Crippen LogP contribution in [-0.4, -0.2) is 30.2 Å². The normalized spacial score (nSPS) is 23.2. The van der Waals surface area contributed by atoms with E-state index in [0.29, 0.717) is 6.04 Å². The maximum atomic E-state index is 4.47. The van der Waals surface area contributed by atoms with E-state index in [9.17, 15) is 0 Å². The zero-order valence-corrected chi connectivity index (χ0v) is 11.8. The summed E-state index contributed by atoms with van der Waals surface area (Å²) in [5.41, 5.74) is 2.44. The van der Waals surface area contributed by atoms with Gasteiger partial charge in [0.05, 0.1) is 5.52 Å². The van der Waals surface area contributed by atoms with E-state index in [1.165, 1.54) is 36.8 Å². The summed E-state index contributed by atoms with van der Waals surface area (Å²) in [5.74, 6) is 0. The number of aromatic nitrogens is 1. The fourth-order valence-electron chi connectivity index (χ4n) is 3.28. The molecule has 1 atom stereocenters. The number of benzene rings is 1. The molecular weight excluding hydrogens is 246 g/mol. The number of fused-ring (bicyclic) bond motifs is 1. The van der Waals surface area contributed by atoms with Gasteiger partial charge in [-0.2, -0.15) is 0 Å². The highest BCUT2D eigenvalue weighted by Crippen LogP contribution is 2.29. The Hall–Kier alpha value is -1.61. The summed E-state index contributed by atoms with van der Waals surface area (Å²) in [6.07, 6.45) is 7.21. The first-order chi connectivity index (χ1) is 9.90. The summed E-state index contributed by atoms with van der Waals surface area (Å²) < 4.78 is 0. The topological polar surface area (TPSA) is 28.2 Å². The Morgan fingerprint density at radius 3 is 2.90 bits per heavy atom. The highest BCUT2D eigenvalue weighted by molar-refractivity contribution is 5.91. The first kappa shape index (κ1) is 12.2. The molecule has 3 heteroatoms. The Bertz CT molecular complexity index is 601. The minimum absolute atomic E-state index is 0.656. The van der Waals surface area contributed by atoms with Crippen molar-refractivity contribution < 1.29 is 0 Å². The van der Waals surface area contributed by atoms with Crippen LogP contribution < -0.4 is 10.2 Å². The number of hydrogen-bond acceptors (Lipinski definition) is 3. The zero-order chi connectivity index (χ0) is 13.4. The lowest BCUT2D eigenvalue weighted by molar-refractivity contribution is 0.421. The van der Waals surface area contributed by atoms with Crippen molar-refractivity contribution in [3.63, 3.8) is 0 Å². The van der Waals surface area contributed by atoms with Gasteiger partial charge in [0, 0.05) is 42.4 Å². The molecule has 1 aromatic carbocycles. The Kier molecular flexibility index (Phi) is 3.07. The van der Waals surface area contributed by atoms with Gasteiger partial charge in [-0.05, 0) is 49.9 Å². The van der Waals surface area contributed by atoms with E-state index in [4.69, 9.17) is 0 Å². The molecule has 1 aliphatic carbocycles. The van der Waals surface area contributed by atoms with E-state index in [1.807, 2.05) is 12.3 Å². The van der Waals surface area contributed by atoms with Gasteiger partial charge in [0.2, 0.25) is 0 Å². The molecule has 1 aliphatic heterocycles. The molecule has 2 aromatic rings. The summed E-state index contributed by atoms with van der Waals surface area (Å²) in [4.78, 5) is 7.01. The van der Waals surface area contributed by atoms with Crippen LogP contribution in [0.4, 0.5) is 5.69 Å². The lowest BCUT2D eigenvalue weighted by Crippen LogP contribution is -2.46. The van der Waals surface area contributed by atoms with E-state index in [1.54, 1.807) is 0 Å². The SMILES string of the molecule is c1cc(N2CCCC(NC3CC3)C2)c2cccnc2c1. The smallest absolute Gasteiger partial charge is 0.0722 e. The summed E-state index contributed by atoms with van der Waals surface area (Å²) >= 11 is 0. The Morgan fingerprint density at radius 2 is 2.00 bits per heavy atom. The first-order valence-corrected chi connectivity index (χ1v) is 7.75. The van der Waals surface area contributed by atoms with Crippen LogP contribution in [0, 0.1) is 0 Å². The second kappa shape index (κ2) is 5.06. The standard InChI is InChI=1S/C17H21N3/c1-6-16-15(5-2-10-18-16)17(7-1)20-11-3-4-14(12-20)19-13-8-9-13/h1-2,5-7,10,13-14,19H,3-4,8-9,11-12H2. The van der Waals surface area contributed by atoms with Gasteiger partial charge >= 0.3 is 0 Å². The minimum Gasteiger partial charge on any atom is -0.369 e. The third kappa shape index (κ3) is 2.38. The molecule has 2 fully saturated rings. The Morgan fingerprint density at radius 1 is 1.05 bits per heavy atom. The molecule has 1 N–H and O–H groups in total. The number of rotatable bonds is 3. The largest absolute Gasteiger partial charge is 0.369 e. The van der Waals surface area contributed by atoms with Crippen molar-refractivity contribution in [2.45, 2.75) is 37.8 Å². The zero-order valence-electron chi connectivity index (χ0n) is 11.8. The molecule has 2 aliphatic rings. The fraction of sp³-hybridized carbons (Fsp3) is 0.471. The monoisotopic (exact) mass is 267 g/mol. The van der Waals surface area contributed by atoms with Crippen LogP contribution in [0.1, 0.15) is 25.7 Å². The van der Waals surface area contributed by atoms with Gasteiger partial charge in [0.25, 0.3) is 0 Å². The molecule has 1 aromatic heterocycles. The van der Waals surface area contributed by atoms with Gasteiger partial charge < -0.3 is 10.2 Å². The van der Waals surface area contributed by atoms with Crippen molar-refractivity contribution in [3.8, 4) is 0 Å². The van der Waals surface area contributed by atoms with Crippen LogP contribution in [0.2, 0.25) is 0 Å². The highest BCUT2D eigenvalue weighted by Gasteiger charge is 2.28. The maximum Gasteiger partial charge on any atom is 0.0722 e. The van der Waals surface area contributed by atoms with Crippen LogP contribution in [0.25, 0.3) is 10.9 Å². The number of piperidine rings is 1. The van der Waals surface area contributed by atoms with Gasteiger partial charge in [-0.25, -0.2) is 0 Å². The third-order valence-corrected chi connectivity index (χ3v) is 4.43. The average molecular weight is 267 g/mol. The Labute approximate surface area is 120 Å². The molecule has 104 valence electrons. The molecule has 1 saturated heterocycles. The number of nitrogens with one attached hydrogen (secondary N) is 1. The molecule has 2 heterocycles. The predicted octanol–water partition coefficient (Wildman–Crippen LogP) is 2.96. The van der Waals surface area contributed by atoms with Crippen molar-refractivity contribution in [3.05, 3.63) is 36.5 Å². The summed E-state index contributed by atoms with van der Waals surface area (Å²) in [6, 6.07) is 12.2. The minimum atomic E-state index is 0.656. The third-order valence-electron chi connectivity index (χ3n) is 4.43. The number of pyridine rings is 1. The Balaban J connectivity index is 1.61. The molecule has 0 bridgehead atoms. The predicted molar refractivity (Wildman–Crippen MR) is 83.1 cm³/mol. The van der Waals surface area contributed by atoms with Gasteiger partial charge in [-0.3, -0.25) is 4.98 Å². The maximum absolute atomic E-state index is 4.47. The molecule has 0 radical (unpaired) electrons. The van der Waals surface area contributed by atoms with Crippen molar-refractivity contribution in [1.82, 2.24) is 10.3 Å². The fourth-order valence-corrected chi connectivity index (χ4v) is 3.28. The van der Waals surface area contributed by atoms with Gasteiger partial charge in [0.15, 0.2) is 0 Å². The van der Waals surface area contributed by atoms with E-state index in [0.717, 1.165) is 24.6 Å². The molecule has 1 saturated carbocycles. The number of nitrogens with zero attached hydrogens (tertiary/aromatic N) is 2. The molecule has 3 nitrogen and oxygen atoms in total. The lowest BCUT2D eigenvalue weighted by Gasteiger charge is -2.35. The van der Waals surface area contributed by atoms with E-state index < -0.39 is 0 Å². The van der Waals surface area contributed by atoms with Crippen LogP contribution in [0.15, 0.2) is 36.5 Å². The lowest BCUT2D eigenvalue weighted by atomic mass is 10.0. The summed E-state index contributed by atoms with van der Waals surface area (Å²) in [7, 11) is 0. The van der Waals surface area contributed by atoms with Gasteiger partial charge in [-0.15, -0.1) is 0 Å². The van der Waals surface area contributed by atoms with E-state index in [2.05, 4.69) is 39.5 Å². The quantitative estimate of drug-likeness (QED) is 0.926. The molecule has 0 spiro atoms. The van der Waals surface area contributed by atoms with Gasteiger partial charge in [-0.1, -0.05) is 6.07 Å². The van der Waals surface area contributed by atoms with Crippen LogP contribution in [0.5, 0.6) is 0 Å². The molecule has 1 unspecified atom stereocenters. The number of hydrogen-bond donors (Lipinski definition) is 1. The van der Waals surface area contributed by atoms with Crippen molar-refractivity contribution >= 4 is 16.6 Å². The number of anilines is 1. The summed E-state index contributed by atoms with van der Waals surface area (Å²) in [5, 5.41) is 5.06. The van der Waals surface area contributed by atoms with E-state index >= 15 is 0 Å². The van der Waals surface area contributed by atoms with Crippen LogP contribution in [-0.2, 0) is 0 Å². The summed E-state index contributed by atoms with van der Waals surface area (Å²) in [6.45, 7) is 2.29. The molecule has 4 rings (SSSR count). The molecule has 20 heavy (non-hydrogen) atoms. The van der Waals surface area contributed by atoms with Crippen LogP contribution in [0.3, 0.4) is 0 Å². The van der Waals surface area contributed by atoms with Crippen molar-refractivity contribution in [1.29, 1.82) is 0 Å². The second-order valence-corrected chi connectivity index (χ2v) is 6.07. The van der Waals surface area contributed by atoms with Crippen molar-refractivity contribution in [2.75, 3.05) is 18.0 Å². The first-order valence-electron chi connectivity index (χ1n) is 7.75. The average Bonchev–Trinajstić information content (AvgIpc) is 3.31. The van der Waals surface area contributed by atoms with E-state index in [-0.39, 0.29) is 0 Å². The highest BCUT2D eigenvalue weighted by atomic mass is 15.2. The van der Waals surface area contributed by atoms with Crippen LogP contribution >= 0.6 is 0 Å².